The van der Waals surface area contributed by atoms with Gasteiger partial charge in [-0.25, -0.2) is 4.79 Å². The fraction of sp³-hybridized carbons (Fsp3) is 0.500. The second-order valence-electron chi connectivity index (χ2n) is 7.00. The molecular weight excluding hydrogens is 332 g/mol. The highest BCUT2D eigenvalue weighted by Crippen LogP contribution is 2.31. The topological polar surface area (TPSA) is 44.1 Å². The first kappa shape index (κ1) is 16.9. The first-order valence-corrected chi connectivity index (χ1v) is 10.1. The van der Waals surface area contributed by atoms with E-state index in [1.165, 1.54) is 22.4 Å². The summed E-state index contributed by atoms with van der Waals surface area (Å²) in [5.41, 5.74) is 4.92. The predicted octanol–water partition coefficient (Wildman–Crippen LogP) is 3.51. The van der Waals surface area contributed by atoms with Crippen LogP contribution in [0.3, 0.4) is 0 Å². The molecule has 132 valence electrons. The van der Waals surface area contributed by atoms with Gasteiger partial charge in [0.05, 0.1) is 12.6 Å². The summed E-state index contributed by atoms with van der Waals surface area (Å²) in [5.74, 6) is 0.857. The van der Waals surface area contributed by atoms with Crippen LogP contribution in [-0.2, 0) is 29.9 Å². The molecule has 1 aliphatic heterocycles. The van der Waals surface area contributed by atoms with Crippen molar-refractivity contribution in [3.05, 3.63) is 57.1 Å². The Balaban J connectivity index is 1.58. The molecule has 5 heteroatoms. The van der Waals surface area contributed by atoms with Gasteiger partial charge in [0.2, 0.25) is 0 Å². The highest BCUT2D eigenvalue weighted by atomic mass is 32.2. The van der Waals surface area contributed by atoms with Gasteiger partial charge in [-0.3, -0.25) is 4.57 Å². The number of hydrogen-bond donors (Lipinski definition) is 0. The van der Waals surface area contributed by atoms with Gasteiger partial charge >= 0.3 is 5.69 Å². The number of thioether (sulfide) groups is 1. The average molecular weight is 356 g/mol. The first-order chi connectivity index (χ1) is 12.2. The minimum atomic E-state index is -0.108. The summed E-state index contributed by atoms with van der Waals surface area (Å²) in [6.45, 7) is 3.59. The van der Waals surface area contributed by atoms with Crippen molar-refractivity contribution in [1.82, 2.24) is 9.55 Å². The van der Waals surface area contributed by atoms with Gasteiger partial charge in [0.1, 0.15) is 5.03 Å². The van der Waals surface area contributed by atoms with Gasteiger partial charge in [0, 0.05) is 23.6 Å². The molecule has 2 heterocycles. The molecule has 1 atom stereocenters. The standard InChI is InChI=1S/C20H24N2O2S/c1-14-5-2-6-15(11-14)13-25-19-17-8-3-9-18(17)22(20(23)21-19)12-16-7-4-10-24-16/h2,5-6,11,16H,3-4,7-10,12-13H2,1H3/t16-/m0/s1. The third kappa shape index (κ3) is 3.67. The number of hydrogen-bond acceptors (Lipinski definition) is 4. The maximum atomic E-state index is 12.6. The van der Waals surface area contributed by atoms with Crippen LogP contribution in [0.1, 0.15) is 41.6 Å². The van der Waals surface area contributed by atoms with Crippen molar-refractivity contribution in [3.63, 3.8) is 0 Å². The maximum Gasteiger partial charge on any atom is 0.348 e. The van der Waals surface area contributed by atoms with Crippen molar-refractivity contribution in [2.75, 3.05) is 6.61 Å². The molecule has 2 aliphatic rings. The SMILES string of the molecule is Cc1cccc(CSc2nc(=O)n(C[C@@H]3CCCO3)c3c2CCC3)c1. The summed E-state index contributed by atoms with van der Waals surface area (Å²) in [4.78, 5) is 17.1. The van der Waals surface area contributed by atoms with E-state index < -0.39 is 0 Å². The summed E-state index contributed by atoms with van der Waals surface area (Å²) < 4.78 is 7.61. The van der Waals surface area contributed by atoms with Crippen LogP contribution in [0.5, 0.6) is 0 Å². The zero-order valence-corrected chi connectivity index (χ0v) is 15.5. The lowest BCUT2D eigenvalue weighted by molar-refractivity contribution is 0.0950. The molecule has 0 saturated carbocycles. The maximum absolute atomic E-state index is 12.6. The molecule has 0 radical (unpaired) electrons. The lowest BCUT2D eigenvalue weighted by Gasteiger charge is -2.17. The zero-order valence-electron chi connectivity index (χ0n) is 14.7. The number of aromatic nitrogens is 2. The molecule has 25 heavy (non-hydrogen) atoms. The molecule has 4 nitrogen and oxygen atoms in total. The molecule has 1 aliphatic carbocycles. The number of fused-ring (bicyclic) bond motifs is 1. The van der Waals surface area contributed by atoms with Gasteiger partial charge in [-0.2, -0.15) is 4.98 Å². The van der Waals surface area contributed by atoms with Gasteiger partial charge in [0.15, 0.2) is 0 Å². The van der Waals surface area contributed by atoms with E-state index in [0.29, 0.717) is 6.54 Å². The van der Waals surface area contributed by atoms with Crippen LogP contribution in [0.15, 0.2) is 34.1 Å². The van der Waals surface area contributed by atoms with Crippen LogP contribution in [-0.4, -0.2) is 22.3 Å². The minimum Gasteiger partial charge on any atom is -0.376 e. The highest BCUT2D eigenvalue weighted by molar-refractivity contribution is 7.98. The lowest BCUT2D eigenvalue weighted by Crippen LogP contribution is -2.31. The monoisotopic (exact) mass is 356 g/mol. The molecule has 1 aromatic carbocycles. The third-order valence-corrected chi connectivity index (χ3v) is 6.16. The van der Waals surface area contributed by atoms with Crippen molar-refractivity contribution in [2.45, 2.75) is 62.5 Å². The molecule has 2 aromatic rings. The molecular formula is C20H24N2O2S. The zero-order chi connectivity index (χ0) is 17.2. The van der Waals surface area contributed by atoms with Crippen LogP contribution in [0.25, 0.3) is 0 Å². The second kappa shape index (κ2) is 7.34. The van der Waals surface area contributed by atoms with Crippen LogP contribution in [0.2, 0.25) is 0 Å². The van der Waals surface area contributed by atoms with Crippen LogP contribution in [0.4, 0.5) is 0 Å². The quantitative estimate of drug-likeness (QED) is 0.607. The van der Waals surface area contributed by atoms with E-state index in [9.17, 15) is 4.79 Å². The molecule has 0 unspecified atom stereocenters. The van der Waals surface area contributed by atoms with E-state index in [-0.39, 0.29) is 11.8 Å². The third-order valence-electron chi connectivity index (χ3n) is 5.07. The van der Waals surface area contributed by atoms with E-state index in [0.717, 1.165) is 49.5 Å². The Bertz CT molecular complexity index is 825. The van der Waals surface area contributed by atoms with Crippen LogP contribution in [0, 0.1) is 6.92 Å². The van der Waals surface area contributed by atoms with E-state index in [1.54, 1.807) is 11.8 Å². The van der Waals surface area contributed by atoms with Crippen molar-refractivity contribution >= 4 is 11.8 Å². The summed E-state index contributed by atoms with van der Waals surface area (Å²) in [6.07, 6.45) is 5.45. The van der Waals surface area contributed by atoms with Crippen molar-refractivity contribution < 1.29 is 4.74 Å². The van der Waals surface area contributed by atoms with E-state index in [2.05, 4.69) is 36.2 Å². The van der Waals surface area contributed by atoms with Gasteiger partial charge in [-0.1, -0.05) is 29.8 Å². The van der Waals surface area contributed by atoms with Gasteiger partial charge in [-0.05, 0) is 44.6 Å². The highest BCUT2D eigenvalue weighted by Gasteiger charge is 2.25. The first-order valence-electron chi connectivity index (χ1n) is 9.13. The molecule has 4 rings (SSSR count). The summed E-state index contributed by atoms with van der Waals surface area (Å²) >= 11 is 1.70. The molecule has 0 amide bonds. The molecule has 0 N–H and O–H groups in total. The lowest BCUT2D eigenvalue weighted by atomic mass is 10.2. The fourth-order valence-corrected chi connectivity index (χ4v) is 4.86. The fourth-order valence-electron chi connectivity index (χ4n) is 3.84. The van der Waals surface area contributed by atoms with Crippen molar-refractivity contribution in [3.8, 4) is 0 Å². The largest absolute Gasteiger partial charge is 0.376 e. The van der Waals surface area contributed by atoms with Crippen LogP contribution < -0.4 is 5.69 Å². The molecule has 1 fully saturated rings. The summed E-state index contributed by atoms with van der Waals surface area (Å²) in [6, 6.07) is 8.53. The number of rotatable bonds is 5. The van der Waals surface area contributed by atoms with Crippen molar-refractivity contribution in [1.29, 1.82) is 0 Å². The van der Waals surface area contributed by atoms with E-state index >= 15 is 0 Å². The normalized spacial score (nSPS) is 19.3. The number of benzene rings is 1. The average Bonchev–Trinajstić information content (AvgIpc) is 3.27. The van der Waals surface area contributed by atoms with E-state index in [4.69, 9.17) is 4.74 Å². The smallest absolute Gasteiger partial charge is 0.348 e. The number of aryl methyl sites for hydroxylation is 1. The second-order valence-corrected chi connectivity index (χ2v) is 7.97. The van der Waals surface area contributed by atoms with E-state index in [1.807, 2.05) is 4.57 Å². The summed E-state index contributed by atoms with van der Waals surface area (Å²) in [5, 5.41) is 0.933. The van der Waals surface area contributed by atoms with Gasteiger partial charge in [0.25, 0.3) is 0 Å². The Morgan fingerprint density at radius 1 is 1.32 bits per heavy atom. The summed E-state index contributed by atoms with van der Waals surface area (Å²) in [7, 11) is 0. The molecule has 0 spiro atoms. The molecule has 1 saturated heterocycles. The van der Waals surface area contributed by atoms with Crippen molar-refractivity contribution in [2.24, 2.45) is 0 Å². The Hall–Kier alpha value is -1.59. The Kier molecular flexibility index (Phi) is 4.95. The van der Waals surface area contributed by atoms with Crippen LogP contribution >= 0.6 is 11.8 Å². The Morgan fingerprint density at radius 2 is 2.24 bits per heavy atom. The number of ether oxygens (including phenoxy) is 1. The minimum absolute atomic E-state index is 0.108. The molecule has 1 aromatic heterocycles. The number of nitrogens with zero attached hydrogens (tertiary/aromatic N) is 2. The molecule has 0 bridgehead atoms. The van der Waals surface area contributed by atoms with Gasteiger partial charge in [-0.15, -0.1) is 11.8 Å². The van der Waals surface area contributed by atoms with Gasteiger partial charge < -0.3 is 4.74 Å². The Labute approximate surface area is 152 Å². The predicted molar refractivity (Wildman–Crippen MR) is 100 cm³/mol. The Morgan fingerprint density at radius 3 is 3.04 bits per heavy atom.